The quantitative estimate of drug-likeness (QED) is 0.613. The molecule has 0 amide bonds. The largest absolute Gasteiger partial charge is 0.457 e. The number of sulfonamides is 1. The third-order valence-electron chi connectivity index (χ3n) is 3.73. The first-order valence-electron chi connectivity index (χ1n) is 7.23. The molecule has 3 rings (SSSR count). The number of carbonyl (C=O) groups is 1. The molecular formula is C16H15ClN2O4S. The van der Waals surface area contributed by atoms with E-state index in [4.69, 9.17) is 16.3 Å². The van der Waals surface area contributed by atoms with Crippen molar-refractivity contribution >= 4 is 33.3 Å². The lowest BCUT2D eigenvalue weighted by molar-refractivity contribution is 0.0472. The summed E-state index contributed by atoms with van der Waals surface area (Å²) in [6.07, 6.45) is 3.29. The maximum atomic E-state index is 12.2. The van der Waals surface area contributed by atoms with Crippen molar-refractivity contribution in [1.82, 2.24) is 4.98 Å². The van der Waals surface area contributed by atoms with Crippen LogP contribution >= 0.6 is 11.6 Å². The minimum Gasteiger partial charge on any atom is -0.457 e. The normalized spacial score (nSPS) is 13.7. The number of aromatic nitrogens is 1. The van der Waals surface area contributed by atoms with E-state index in [0.29, 0.717) is 29.4 Å². The van der Waals surface area contributed by atoms with Crippen molar-refractivity contribution in [2.45, 2.75) is 13.0 Å². The van der Waals surface area contributed by atoms with Gasteiger partial charge in [0.05, 0.1) is 17.5 Å². The number of hydrogen-bond acceptors (Lipinski definition) is 5. The highest BCUT2D eigenvalue weighted by Crippen LogP contribution is 2.30. The Bertz CT molecular complexity index is 881. The Morgan fingerprint density at radius 1 is 1.33 bits per heavy atom. The van der Waals surface area contributed by atoms with E-state index in [0.717, 1.165) is 11.1 Å². The fourth-order valence-electron chi connectivity index (χ4n) is 2.57. The fraction of sp³-hybridized carbons (Fsp3) is 0.250. The standard InChI is InChI=1S/C16H15ClN2O4S/c1-24(21,22)19-7-6-12-8-13(3-4-14(12)19)16(20)23-10-11-2-5-15(17)18-9-11/h2-5,8-9H,6-7,10H2,1H3. The molecule has 0 saturated heterocycles. The van der Waals surface area contributed by atoms with Crippen molar-refractivity contribution in [1.29, 1.82) is 0 Å². The summed E-state index contributed by atoms with van der Waals surface area (Å²) >= 11 is 5.70. The Morgan fingerprint density at radius 3 is 2.79 bits per heavy atom. The Hall–Kier alpha value is -2.12. The van der Waals surface area contributed by atoms with Crippen molar-refractivity contribution < 1.29 is 17.9 Å². The molecule has 1 aromatic carbocycles. The number of hydrogen-bond donors (Lipinski definition) is 0. The van der Waals surface area contributed by atoms with E-state index in [-0.39, 0.29) is 6.61 Å². The summed E-state index contributed by atoms with van der Waals surface area (Å²) in [4.78, 5) is 16.1. The summed E-state index contributed by atoms with van der Waals surface area (Å²) in [6, 6.07) is 8.26. The molecule has 24 heavy (non-hydrogen) atoms. The van der Waals surface area contributed by atoms with Crippen molar-refractivity contribution in [2.75, 3.05) is 17.1 Å². The molecule has 2 heterocycles. The minimum absolute atomic E-state index is 0.0928. The molecule has 0 spiro atoms. The van der Waals surface area contributed by atoms with Gasteiger partial charge in [0.1, 0.15) is 11.8 Å². The molecule has 0 unspecified atom stereocenters. The van der Waals surface area contributed by atoms with Crippen LogP contribution in [0.3, 0.4) is 0 Å². The van der Waals surface area contributed by atoms with Gasteiger partial charge >= 0.3 is 5.97 Å². The van der Waals surface area contributed by atoms with E-state index in [1.165, 1.54) is 10.6 Å². The second kappa shape index (κ2) is 6.41. The first-order chi connectivity index (χ1) is 11.3. The van der Waals surface area contributed by atoms with Crippen LogP contribution in [0.5, 0.6) is 0 Å². The zero-order valence-electron chi connectivity index (χ0n) is 12.9. The van der Waals surface area contributed by atoms with Crippen LogP contribution < -0.4 is 4.31 Å². The van der Waals surface area contributed by atoms with Crippen LogP contribution in [0.25, 0.3) is 0 Å². The number of benzene rings is 1. The topological polar surface area (TPSA) is 76.6 Å². The highest BCUT2D eigenvalue weighted by molar-refractivity contribution is 7.92. The summed E-state index contributed by atoms with van der Waals surface area (Å²) in [7, 11) is -3.30. The Kier molecular flexibility index (Phi) is 4.47. The maximum absolute atomic E-state index is 12.2. The zero-order chi connectivity index (χ0) is 17.3. The summed E-state index contributed by atoms with van der Waals surface area (Å²) < 4.78 is 30.0. The lowest BCUT2D eigenvalue weighted by Gasteiger charge is -2.16. The molecule has 6 nitrogen and oxygen atoms in total. The van der Waals surface area contributed by atoms with Crippen LogP contribution in [0.15, 0.2) is 36.5 Å². The number of nitrogens with zero attached hydrogens (tertiary/aromatic N) is 2. The zero-order valence-corrected chi connectivity index (χ0v) is 14.5. The smallest absolute Gasteiger partial charge is 0.338 e. The monoisotopic (exact) mass is 366 g/mol. The van der Waals surface area contributed by atoms with Gasteiger partial charge in [-0.3, -0.25) is 4.31 Å². The number of pyridine rings is 1. The number of ether oxygens (including phenoxy) is 1. The Morgan fingerprint density at radius 2 is 2.12 bits per heavy atom. The predicted molar refractivity (Wildman–Crippen MR) is 90.7 cm³/mol. The molecule has 0 radical (unpaired) electrons. The number of fused-ring (bicyclic) bond motifs is 1. The molecule has 0 bridgehead atoms. The highest BCUT2D eigenvalue weighted by atomic mass is 35.5. The van der Waals surface area contributed by atoms with Crippen LogP contribution in [-0.2, 0) is 27.8 Å². The van der Waals surface area contributed by atoms with Gasteiger partial charge in [-0.1, -0.05) is 17.7 Å². The third-order valence-corrected chi connectivity index (χ3v) is 5.13. The molecule has 0 aliphatic carbocycles. The minimum atomic E-state index is -3.30. The summed E-state index contributed by atoms with van der Waals surface area (Å²) in [6.45, 7) is 0.485. The Balaban J connectivity index is 1.72. The maximum Gasteiger partial charge on any atom is 0.338 e. The van der Waals surface area contributed by atoms with Crippen LogP contribution in [0.1, 0.15) is 21.5 Å². The number of carbonyl (C=O) groups excluding carboxylic acids is 1. The summed E-state index contributed by atoms with van der Waals surface area (Å²) in [5.74, 6) is -0.467. The van der Waals surface area contributed by atoms with Crippen LogP contribution in [-0.4, -0.2) is 32.2 Å². The van der Waals surface area contributed by atoms with Gasteiger partial charge in [0, 0.05) is 18.3 Å². The first kappa shape index (κ1) is 16.7. The van der Waals surface area contributed by atoms with E-state index in [1.54, 1.807) is 36.5 Å². The molecule has 0 fully saturated rings. The van der Waals surface area contributed by atoms with E-state index >= 15 is 0 Å². The second-order valence-electron chi connectivity index (χ2n) is 5.49. The molecule has 126 valence electrons. The number of anilines is 1. The van der Waals surface area contributed by atoms with Gasteiger partial charge in [-0.2, -0.15) is 0 Å². The molecule has 1 aromatic heterocycles. The van der Waals surface area contributed by atoms with E-state index in [9.17, 15) is 13.2 Å². The van der Waals surface area contributed by atoms with Gasteiger partial charge in [-0.05, 0) is 36.2 Å². The molecule has 0 atom stereocenters. The van der Waals surface area contributed by atoms with Gasteiger partial charge in [0.2, 0.25) is 10.0 Å². The Labute approximate surface area is 145 Å². The first-order valence-corrected chi connectivity index (χ1v) is 9.45. The van der Waals surface area contributed by atoms with Crippen molar-refractivity contribution in [3.05, 3.63) is 58.4 Å². The lowest BCUT2D eigenvalue weighted by Crippen LogP contribution is -2.27. The molecule has 0 N–H and O–H groups in total. The molecule has 2 aromatic rings. The van der Waals surface area contributed by atoms with Crippen LogP contribution in [0, 0.1) is 0 Å². The van der Waals surface area contributed by atoms with Crippen molar-refractivity contribution in [3.8, 4) is 0 Å². The average Bonchev–Trinajstić information content (AvgIpc) is 2.97. The average molecular weight is 367 g/mol. The van der Waals surface area contributed by atoms with Gasteiger partial charge < -0.3 is 4.74 Å². The molecule has 0 saturated carbocycles. The van der Waals surface area contributed by atoms with E-state index in [1.807, 2.05) is 0 Å². The van der Waals surface area contributed by atoms with Gasteiger partial charge in [-0.25, -0.2) is 18.2 Å². The van der Waals surface area contributed by atoms with Crippen LogP contribution in [0.2, 0.25) is 5.15 Å². The fourth-order valence-corrected chi connectivity index (χ4v) is 3.64. The SMILES string of the molecule is CS(=O)(=O)N1CCc2cc(C(=O)OCc3ccc(Cl)nc3)ccc21. The molecule has 1 aliphatic heterocycles. The van der Waals surface area contributed by atoms with Crippen molar-refractivity contribution in [2.24, 2.45) is 0 Å². The highest BCUT2D eigenvalue weighted by Gasteiger charge is 2.26. The van der Waals surface area contributed by atoms with Gasteiger partial charge in [0.15, 0.2) is 0 Å². The predicted octanol–water partition coefficient (Wildman–Crippen LogP) is 2.41. The molecule has 1 aliphatic rings. The second-order valence-corrected chi connectivity index (χ2v) is 7.79. The van der Waals surface area contributed by atoms with E-state index < -0.39 is 16.0 Å². The summed E-state index contributed by atoms with van der Waals surface area (Å²) in [5.41, 5.74) is 2.57. The molecular weight excluding hydrogens is 352 g/mol. The van der Waals surface area contributed by atoms with E-state index in [2.05, 4.69) is 4.98 Å². The molecule has 8 heteroatoms. The third kappa shape index (κ3) is 3.52. The van der Waals surface area contributed by atoms with Crippen LogP contribution in [0.4, 0.5) is 5.69 Å². The lowest BCUT2D eigenvalue weighted by atomic mass is 10.1. The summed E-state index contributed by atoms with van der Waals surface area (Å²) in [5, 5.41) is 0.374. The number of esters is 1. The van der Waals surface area contributed by atoms with Gasteiger partial charge in [-0.15, -0.1) is 0 Å². The number of halogens is 1. The van der Waals surface area contributed by atoms with Gasteiger partial charge in [0.25, 0.3) is 0 Å². The number of rotatable bonds is 4. The van der Waals surface area contributed by atoms with Crippen molar-refractivity contribution in [3.63, 3.8) is 0 Å².